The van der Waals surface area contributed by atoms with E-state index in [0.717, 1.165) is 37.9 Å². The van der Waals surface area contributed by atoms with Crippen molar-refractivity contribution in [3.8, 4) is 0 Å². The Bertz CT molecular complexity index is 550. The molecule has 4 nitrogen and oxygen atoms in total. The van der Waals surface area contributed by atoms with Gasteiger partial charge in [-0.2, -0.15) is 0 Å². The second-order valence-corrected chi connectivity index (χ2v) is 6.87. The van der Waals surface area contributed by atoms with E-state index in [4.69, 9.17) is 0 Å². The molecular formula is C19H26N2O2. The van der Waals surface area contributed by atoms with Gasteiger partial charge in [0.15, 0.2) is 0 Å². The molecule has 2 atom stereocenters. The standard InChI is InChI=1S/C19H26N2O2/c1-20(14-15-9-5-4-6-10-15)18(22)16-13-17(16)19(23)21-11-7-2-3-8-12-21/h4-6,9-10,16-17H,2-3,7-8,11-14H2,1H3. The molecule has 4 heteroatoms. The molecule has 1 saturated carbocycles. The Hall–Kier alpha value is -1.84. The molecule has 0 bridgehead atoms. The molecule has 124 valence electrons. The second-order valence-electron chi connectivity index (χ2n) is 6.87. The van der Waals surface area contributed by atoms with Gasteiger partial charge in [0, 0.05) is 26.7 Å². The van der Waals surface area contributed by atoms with Crippen LogP contribution in [-0.2, 0) is 16.1 Å². The summed E-state index contributed by atoms with van der Waals surface area (Å²) in [4.78, 5) is 28.8. The van der Waals surface area contributed by atoms with E-state index in [-0.39, 0.29) is 23.7 Å². The van der Waals surface area contributed by atoms with Crippen molar-refractivity contribution in [2.45, 2.75) is 38.6 Å². The summed E-state index contributed by atoms with van der Waals surface area (Å²) < 4.78 is 0. The SMILES string of the molecule is CN(Cc1ccccc1)C(=O)C1CC1C(=O)N1CCCCCC1. The quantitative estimate of drug-likeness (QED) is 0.857. The number of hydrogen-bond acceptors (Lipinski definition) is 2. The van der Waals surface area contributed by atoms with Gasteiger partial charge in [-0.1, -0.05) is 43.2 Å². The van der Waals surface area contributed by atoms with E-state index in [9.17, 15) is 9.59 Å². The Kier molecular flexibility index (Phi) is 4.99. The van der Waals surface area contributed by atoms with Crippen LogP contribution in [0.5, 0.6) is 0 Å². The van der Waals surface area contributed by atoms with Gasteiger partial charge in [0.05, 0.1) is 11.8 Å². The lowest BCUT2D eigenvalue weighted by Gasteiger charge is -2.21. The van der Waals surface area contributed by atoms with Crippen LogP contribution in [0.2, 0.25) is 0 Å². The lowest BCUT2D eigenvalue weighted by molar-refractivity contribution is -0.137. The first-order chi connectivity index (χ1) is 11.2. The van der Waals surface area contributed by atoms with Crippen molar-refractivity contribution in [2.24, 2.45) is 11.8 Å². The van der Waals surface area contributed by atoms with Gasteiger partial charge in [-0.25, -0.2) is 0 Å². The molecule has 23 heavy (non-hydrogen) atoms. The minimum Gasteiger partial charge on any atom is -0.342 e. The van der Waals surface area contributed by atoms with Crippen LogP contribution in [0.25, 0.3) is 0 Å². The zero-order valence-electron chi connectivity index (χ0n) is 13.9. The lowest BCUT2D eigenvalue weighted by Crippen LogP contribution is -2.35. The molecule has 1 heterocycles. The monoisotopic (exact) mass is 314 g/mol. The molecule has 1 aliphatic carbocycles. The van der Waals surface area contributed by atoms with Gasteiger partial charge in [-0.15, -0.1) is 0 Å². The van der Waals surface area contributed by atoms with Crippen molar-refractivity contribution in [3.05, 3.63) is 35.9 Å². The third kappa shape index (κ3) is 3.92. The fraction of sp³-hybridized carbons (Fsp3) is 0.579. The Balaban J connectivity index is 1.52. The molecule has 0 aromatic heterocycles. The Morgan fingerprint density at radius 2 is 1.70 bits per heavy atom. The van der Waals surface area contributed by atoms with Gasteiger partial charge in [0.25, 0.3) is 0 Å². The van der Waals surface area contributed by atoms with Crippen molar-refractivity contribution < 1.29 is 9.59 Å². The highest BCUT2D eigenvalue weighted by Gasteiger charge is 2.50. The number of nitrogens with zero attached hydrogens (tertiary/aromatic N) is 2. The highest BCUT2D eigenvalue weighted by molar-refractivity contribution is 5.92. The van der Waals surface area contributed by atoms with Gasteiger partial charge >= 0.3 is 0 Å². The van der Waals surface area contributed by atoms with E-state index < -0.39 is 0 Å². The maximum absolute atomic E-state index is 12.6. The summed E-state index contributed by atoms with van der Waals surface area (Å²) in [5.41, 5.74) is 1.12. The van der Waals surface area contributed by atoms with E-state index in [1.165, 1.54) is 12.8 Å². The average molecular weight is 314 g/mol. The third-order valence-corrected chi connectivity index (χ3v) is 4.98. The van der Waals surface area contributed by atoms with Crippen LogP contribution < -0.4 is 0 Å². The number of benzene rings is 1. The van der Waals surface area contributed by atoms with Gasteiger partial charge in [-0.05, 0) is 24.8 Å². The molecule has 0 N–H and O–H groups in total. The molecule has 3 rings (SSSR count). The minimum absolute atomic E-state index is 0.0705. The normalized spacial score (nSPS) is 24.0. The van der Waals surface area contributed by atoms with Crippen molar-refractivity contribution in [3.63, 3.8) is 0 Å². The fourth-order valence-electron chi connectivity index (χ4n) is 3.48. The molecule has 2 unspecified atom stereocenters. The number of hydrogen-bond donors (Lipinski definition) is 0. The highest BCUT2D eigenvalue weighted by atomic mass is 16.2. The molecule has 1 saturated heterocycles. The summed E-state index contributed by atoms with van der Waals surface area (Å²) in [7, 11) is 1.83. The topological polar surface area (TPSA) is 40.6 Å². The molecule has 1 aromatic rings. The zero-order chi connectivity index (χ0) is 16.2. The van der Waals surface area contributed by atoms with Crippen LogP contribution >= 0.6 is 0 Å². The first-order valence-corrected chi connectivity index (χ1v) is 8.74. The highest BCUT2D eigenvalue weighted by Crippen LogP contribution is 2.41. The third-order valence-electron chi connectivity index (χ3n) is 4.98. The number of carbonyl (C=O) groups is 2. The molecule has 0 spiro atoms. The predicted octanol–water partition coefficient (Wildman–Crippen LogP) is 2.68. The van der Waals surface area contributed by atoms with Gasteiger partial charge in [0.2, 0.25) is 11.8 Å². The van der Waals surface area contributed by atoms with Crippen molar-refractivity contribution in [1.29, 1.82) is 0 Å². The van der Waals surface area contributed by atoms with Crippen LogP contribution in [0, 0.1) is 11.8 Å². The van der Waals surface area contributed by atoms with Crippen molar-refractivity contribution in [1.82, 2.24) is 9.80 Å². The first-order valence-electron chi connectivity index (χ1n) is 8.74. The van der Waals surface area contributed by atoms with E-state index in [1.807, 2.05) is 42.3 Å². The maximum atomic E-state index is 12.6. The summed E-state index contributed by atoms with van der Waals surface area (Å²) in [6, 6.07) is 9.99. The molecule has 1 aliphatic heterocycles. The lowest BCUT2D eigenvalue weighted by atomic mass is 10.2. The molecular weight excluding hydrogens is 288 g/mol. The van der Waals surface area contributed by atoms with Crippen molar-refractivity contribution >= 4 is 11.8 Å². The molecule has 2 aliphatic rings. The maximum Gasteiger partial charge on any atom is 0.226 e. The van der Waals surface area contributed by atoms with Crippen LogP contribution in [0.1, 0.15) is 37.7 Å². The predicted molar refractivity (Wildman–Crippen MR) is 89.6 cm³/mol. The average Bonchev–Trinajstić information content (AvgIpc) is 3.38. The Labute approximate surface area is 138 Å². The van der Waals surface area contributed by atoms with Gasteiger partial charge < -0.3 is 9.80 Å². The Morgan fingerprint density at radius 3 is 2.35 bits per heavy atom. The van der Waals surface area contributed by atoms with Crippen LogP contribution in [-0.4, -0.2) is 41.8 Å². The molecule has 2 amide bonds. The van der Waals surface area contributed by atoms with Gasteiger partial charge in [0.1, 0.15) is 0 Å². The van der Waals surface area contributed by atoms with Crippen LogP contribution in [0.4, 0.5) is 0 Å². The van der Waals surface area contributed by atoms with Gasteiger partial charge in [-0.3, -0.25) is 9.59 Å². The first kappa shape index (κ1) is 16.0. The van der Waals surface area contributed by atoms with E-state index in [2.05, 4.69) is 0 Å². The molecule has 0 radical (unpaired) electrons. The summed E-state index contributed by atoms with van der Waals surface area (Å²) in [5.74, 6) is 0.152. The van der Waals surface area contributed by atoms with E-state index in [0.29, 0.717) is 6.54 Å². The Morgan fingerprint density at radius 1 is 1.04 bits per heavy atom. The zero-order valence-corrected chi connectivity index (χ0v) is 13.9. The van der Waals surface area contributed by atoms with Crippen molar-refractivity contribution in [2.75, 3.05) is 20.1 Å². The summed E-state index contributed by atoms with van der Waals surface area (Å²) in [5, 5.41) is 0. The largest absolute Gasteiger partial charge is 0.342 e. The number of amides is 2. The summed E-state index contributed by atoms with van der Waals surface area (Å²) in [6.45, 7) is 2.35. The minimum atomic E-state index is -0.0977. The second kappa shape index (κ2) is 7.16. The van der Waals surface area contributed by atoms with E-state index >= 15 is 0 Å². The number of likely N-dealkylation sites (tertiary alicyclic amines) is 1. The van der Waals surface area contributed by atoms with Crippen LogP contribution in [0.3, 0.4) is 0 Å². The van der Waals surface area contributed by atoms with E-state index in [1.54, 1.807) is 4.90 Å². The number of rotatable bonds is 4. The smallest absolute Gasteiger partial charge is 0.226 e. The molecule has 2 fully saturated rings. The van der Waals surface area contributed by atoms with Crippen LogP contribution in [0.15, 0.2) is 30.3 Å². The number of carbonyl (C=O) groups excluding carboxylic acids is 2. The fourth-order valence-corrected chi connectivity index (χ4v) is 3.48. The summed E-state index contributed by atoms with van der Waals surface area (Å²) >= 11 is 0. The molecule has 1 aromatic carbocycles. The summed E-state index contributed by atoms with van der Waals surface area (Å²) in [6.07, 6.45) is 5.37.